The van der Waals surface area contributed by atoms with Crippen molar-refractivity contribution < 1.29 is 22.7 Å². The van der Waals surface area contributed by atoms with Crippen LogP contribution in [0.3, 0.4) is 0 Å². The highest BCUT2D eigenvalue weighted by Gasteiger charge is 2.37. The summed E-state index contributed by atoms with van der Waals surface area (Å²) in [4.78, 5) is 28.6. The lowest BCUT2D eigenvalue weighted by atomic mass is 9.98. The predicted molar refractivity (Wildman–Crippen MR) is 117 cm³/mol. The number of urea groups is 1. The topological polar surface area (TPSA) is 108 Å². The molecule has 0 aliphatic carbocycles. The number of likely N-dealkylation sites (tertiary alicyclic amines) is 2. The minimum Gasteiger partial charge on any atom is -0.374 e. The van der Waals surface area contributed by atoms with Gasteiger partial charge in [-0.15, -0.1) is 0 Å². The maximum atomic E-state index is 12.7. The van der Waals surface area contributed by atoms with E-state index in [0.29, 0.717) is 51.0 Å². The zero-order valence-electron chi connectivity index (χ0n) is 18.1. The number of nitrogens with zero attached hydrogens (tertiary/aromatic N) is 2. The maximum absolute atomic E-state index is 12.7. The van der Waals surface area contributed by atoms with Crippen LogP contribution in [0.25, 0.3) is 0 Å². The smallest absolute Gasteiger partial charge is 0.317 e. The lowest BCUT2D eigenvalue weighted by molar-refractivity contribution is 0.00423. The molecule has 2 saturated heterocycles. The van der Waals surface area contributed by atoms with Crippen LogP contribution in [0.4, 0.5) is 4.79 Å². The second kappa shape index (κ2) is 10.4. The largest absolute Gasteiger partial charge is 0.374 e. The van der Waals surface area contributed by atoms with Crippen LogP contribution in [-0.2, 0) is 14.8 Å². The van der Waals surface area contributed by atoms with E-state index in [9.17, 15) is 18.0 Å². The van der Waals surface area contributed by atoms with Crippen LogP contribution in [0.15, 0.2) is 30.3 Å². The van der Waals surface area contributed by atoms with Crippen LogP contribution in [0.5, 0.6) is 0 Å². The zero-order valence-corrected chi connectivity index (χ0v) is 18.9. The van der Waals surface area contributed by atoms with E-state index in [1.54, 1.807) is 21.9 Å². The van der Waals surface area contributed by atoms with Gasteiger partial charge in [-0.2, -0.15) is 0 Å². The minimum absolute atomic E-state index is 0.0232. The maximum Gasteiger partial charge on any atom is 0.317 e. The number of benzene rings is 1. The van der Waals surface area contributed by atoms with Gasteiger partial charge in [0.25, 0.3) is 5.91 Å². The van der Waals surface area contributed by atoms with Gasteiger partial charge in [0.1, 0.15) is 0 Å². The van der Waals surface area contributed by atoms with Crippen LogP contribution in [-0.4, -0.2) is 87.4 Å². The summed E-state index contributed by atoms with van der Waals surface area (Å²) in [6.07, 6.45) is 3.03. The van der Waals surface area contributed by atoms with Gasteiger partial charge in [-0.25, -0.2) is 17.9 Å². The molecule has 2 fully saturated rings. The molecule has 0 saturated carbocycles. The fourth-order valence-corrected chi connectivity index (χ4v) is 5.05. The third-order valence-electron chi connectivity index (χ3n) is 5.69. The number of piperidine rings is 1. The van der Waals surface area contributed by atoms with Crippen molar-refractivity contribution >= 4 is 22.0 Å². The number of carbonyl (C=O) groups is 2. The third kappa shape index (κ3) is 6.41. The molecule has 0 radical (unpaired) electrons. The molecule has 0 aromatic heterocycles. The Bertz CT molecular complexity index is 864. The Labute approximate surface area is 184 Å². The predicted octanol–water partition coefficient (Wildman–Crippen LogP) is 1.03. The van der Waals surface area contributed by atoms with Crippen LogP contribution < -0.4 is 10.0 Å². The quantitative estimate of drug-likeness (QED) is 0.642. The Morgan fingerprint density at radius 2 is 1.90 bits per heavy atom. The average Bonchev–Trinajstić information content (AvgIpc) is 3.21. The lowest BCUT2D eigenvalue weighted by Gasteiger charge is -2.41. The van der Waals surface area contributed by atoms with Crippen molar-refractivity contribution in [2.45, 2.75) is 44.4 Å². The van der Waals surface area contributed by atoms with E-state index in [-0.39, 0.29) is 24.6 Å². The Hall–Kier alpha value is -2.17. The number of amides is 3. The molecule has 2 heterocycles. The Morgan fingerprint density at radius 3 is 2.58 bits per heavy atom. The summed E-state index contributed by atoms with van der Waals surface area (Å²) in [5, 5.41) is 2.80. The number of carbonyl (C=O) groups excluding carboxylic acids is 2. The number of ether oxygens (including phenoxy) is 1. The second-order valence-corrected chi connectivity index (χ2v) is 9.88. The van der Waals surface area contributed by atoms with E-state index in [0.717, 1.165) is 6.26 Å². The normalized spacial score (nSPS) is 24.3. The number of hydrogen-bond donors (Lipinski definition) is 2. The summed E-state index contributed by atoms with van der Waals surface area (Å²) in [6.45, 7) is 4.18. The molecule has 0 spiro atoms. The molecule has 1 aromatic carbocycles. The van der Waals surface area contributed by atoms with Gasteiger partial charge in [-0.05, 0) is 38.3 Å². The van der Waals surface area contributed by atoms with E-state index < -0.39 is 22.1 Å². The zero-order chi connectivity index (χ0) is 22.4. The standard InChI is InChI=1S/C21H32N4O5S/c1-3-22-21(27)25-12-7-10-18(23-31(2,28)29)19(25)15-30-17-11-13-24(14-17)20(26)16-8-5-4-6-9-16/h4-6,8-9,17-19,23H,3,7,10-15H2,1-2H3,(H,22,27)/t17-,18?,19?/m0/s1. The van der Waals surface area contributed by atoms with E-state index in [1.807, 2.05) is 25.1 Å². The average molecular weight is 453 g/mol. The fourth-order valence-electron chi connectivity index (χ4n) is 4.23. The Morgan fingerprint density at radius 1 is 1.16 bits per heavy atom. The lowest BCUT2D eigenvalue weighted by Crippen LogP contribution is -2.60. The molecule has 31 heavy (non-hydrogen) atoms. The third-order valence-corrected chi connectivity index (χ3v) is 6.42. The van der Waals surface area contributed by atoms with Gasteiger partial charge in [0.2, 0.25) is 10.0 Å². The van der Waals surface area contributed by atoms with E-state index in [2.05, 4.69) is 10.0 Å². The molecule has 2 aliphatic rings. The number of rotatable bonds is 7. The molecule has 10 heteroatoms. The highest BCUT2D eigenvalue weighted by atomic mass is 32.2. The van der Waals surface area contributed by atoms with Gasteiger partial charge in [0, 0.05) is 37.8 Å². The monoisotopic (exact) mass is 452 g/mol. The SMILES string of the molecule is CCNC(=O)N1CCCC(NS(C)(=O)=O)C1CO[C@H]1CCN(C(=O)c2ccccc2)C1. The Kier molecular flexibility index (Phi) is 7.90. The molecule has 1 aromatic rings. The first kappa shape index (κ1) is 23.5. The molecule has 3 atom stereocenters. The van der Waals surface area contributed by atoms with Gasteiger partial charge in [0.15, 0.2) is 0 Å². The second-order valence-electron chi connectivity index (χ2n) is 8.10. The van der Waals surface area contributed by atoms with E-state index in [1.165, 1.54) is 0 Å². The molecule has 2 N–H and O–H groups in total. The van der Waals surface area contributed by atoms with E-state index >= 15 is 0 Å². The van der Waals surface area contributed by atoms with Crippen molar-refractivity contribution in [2.24, 2.45) is 0 Å². The summed E-state index contributed by atoms with van der Waals surface area (Å²) < 4.78 is 32.5. The van der Waals surface area contributed by atoms with Crippen LogP contribution in [0.1, 0.15) is 36.5 Å². The summed E-state index contributed by atoms with van der Waals surface area (Å²) in [6, 6.07) is 8.11. The van der Waals surface area contributed by atoms with Crippen LogP contribution in [0, 0.1) is 0 Å². The van der Waals surface area contributed by atoms with Crippen molar-refractivity contribution in [3.8, 4) is 0 Å². The van der Waals surface area contributed by atoms with E-state index in [4.69, 9.17) is 4.74 Å². The highest BCUT2D eigenvalue weighted by Crippen LogP contribution is 2.22. The molecular weight excluding hydrogens is 420 g/mol. The number of sulfonamides is 1. The first-order valence-electron chi connectivity index (χ1n) is 10.8. The minimum atomic E-state index is -3.42. The van der Waals surface area contributed by atoms with Crippen molar-refractivity contribution in [1.29, 1.82) is 0 Å². The number of nitrogens with one attached hydrogen (secondary N) is 2. The first-order chi connectivity index (χ1) is 14.8. The van der Waals surface area contributed by atoms with Gasteiger partial charge in [-0.3, -0.25) is 4.79 Å². The molecule has 9 nitrogen and oxygen atoms in total. The molecule has 2 unspecified atom stereocenters. The molecular formula is C21H32N4O5S. The molecule has 172 valence electrons. The van der Waals surface area contributed by atoms with Crippen molar-refractivity contribution in [2.75, 3.05) is 39.0 Å². The van der Waals surface area contributed by atoms with Crippen molar-refractivity contribution in [3.05, 3.63) is 35.9 Å². The van der Waals surface area contributed by atoms with Gasteiger partial charge in [0.05, 0.1) is 25.0 Å². The summed E-state index contributed by atoms with van der Waals surface area (Å²) in [5.41, 5.74) is 0.648. The molecule has 0 bridgehead atoms. The van der Waals surface area contributed by atoms with Crippen LogP contribution in [0.2, 0.25) is 0 Å². The molecule has 3 rings (SSSR count). The fraction of sp³-hybridized carbons (Fsp3) is 0.619. The van der Waals surface area contributed by atoms with Crippen LogP contribution >= 0.6 is 0 Å². The summed E-state index contributed by atoms with van der Waals surface area (Å²) >= 11 is 0. The Balaban J connectivity index is 1.63. The number of hydrogen-bond acceptors (Lipinski definition) is 5. The molecule has 3 amide bonds. The highest BCUT2D eigenvalue weighted by molar-refractivity contribution is 7.88. The molecule has 2 aliphatic heterocycles. The van der Waals surface area contributed by atoms with Gasteiger partial charge < -0.3 is 19.9 Å². The van der Waals surface area contributed by atoms with Crippen molar-refractivity contribution in [1.82, 2.24) is 19.8 Å². The summed E-state index contributed by atoms with van der Waals surface area (Å²) in [7, 11) is -3.42. The van der Waals surface area contributed by atoms with Crippen molar-refractivity contribution in [3.63, 3.8) is 0 Å². The van der Waals surface area contributed by atoms with Gasteiger partial charge in [-0.1, -0.05) is 18.2 Å². The summed E-state index contributed by atoms with van der Waals surface area (Å²) in [5.74, 6) is -0.0232. The van der Waals surface area contributed by atoms with Gasteiger partial charge >= 0.3 is 6.03 Å². The first-order valence-corrected chi connectivity index (χ1v) is 12.7.